The van der Waals surface area contributed by atoms with Gasteiger partial charge < -0.3 is 29.7 Å². The Labute approximate surface area is 275 Å². The lowest BCUT2D eigenvalue weighted by Gasteiger charge is -2.43. The van der Waals surface area contributed by atoms with Crippen LogP contribution in [0.2, 0.25) is 0 Å². The van der Waals surface area contributed by atoms with Crippen molar-refractivity contribution in [1.29, 1.82) is 0 Å². The molecule has 7 atom stereocenters. The number of benzene rings is 2. The summed E-state index contributed by atoms with van der Waals surface area (Å²) < 4.78 is 12.2. The Morgan fingerprint density at radius 3 is 2.36 bits per heavy atom. The molecule has 6 rings (SSSR count). The summed E-state index contributed by atoms with van der Waals surface area (Å²) in [5, 5.41) is 13.8. The fourth-order valence-corrected chi connectivity index (χ4v) is 7.48. The average molecular weight is 642 g/mol. The molecule has 0 aliphatic carbocycles. The largest absolute Gasteiger partial charge is 0.463 e. The van der Waals surface area contributed by atoms with Crippen molar-refractivity contribution in [1.82, 2.24) is 15.1 Å². The highest BCUT2D eigenvalue weighted by Gasteiger charge is 2.74. The van der Waals surface area contributed by atoms with Crippen LogP contribution in [-0.2, 0) is 35.1 Å². The molecule has 0 radical (unpaired) electrons. The molecule has 4 aliphatic rings. The molecule has 0 saturated carbocycles. The van der Waals surface area contributed by atoms with Gasteiger partial charge in [-0.1, -0.05) is 85.0 Å². The highest BCUT2D eigenvalue weighted by molar-refractivity contribution is 6.00. The SMILES string of the molecule is CC(C)(C)N1C/C=C\CCC(=O)OC[C@@H](c2ccccc2)NC(=O)[C@@H]2[C@@H]3C=C[C@]4(O3)[C@H](C1=O)N([C@@H](CO)Cc1ccccc1)C(=O)[C@@H]24. The minimum atomic E-state index is -1.40. The molecule has 10 nitrogen and oxygen atoms in total. The van der Waals surface area contributed by atoms with Crippen molar-refractivity contribution in [2.75, 3.05) is 19.8 Å². The summed E-state index contributed by atoms with van der Waals surface area (Å²) in [6.07, 6.45) is 7.39. The molecule has 2 N–H and O–H groups in total. The summed E-state index contributed by atoms with van der Waals surface area (Å²) in [7, 11) is 0. The molecule has 5 bridgehead atoms. The maximum absolute atomic E-state index is 14.9. The predicted molar refractivity (Wildman–Crippen MR) is 174 cm³/mol. The van der Waals surface area contributed by atoms with Crippen molar-refractivity contribution in [3.8, 4) is 0 Å². The molecular formula is C37H43N3O7. The molecule has 2 aromatic carbocycles. The van der Waals surface area contributed by atoms with Crippen molar-refractivity contribution in [3.05, 3.63) is 96.1 Å². The van der Waals surface area contributed by atoms with Crippen LogP contribution in [0.3, 0.4) is 0 Å². The van der Waals surface area contributed by atoms with Crippen molar-refractivity contribution >= 4 is 23.7 Å². The first-order valence-electron chi connectivity index (χ1n) is 16.4. The Balaban J connectivity index is 1.44. The first-order valence-corrected chi connectivity index (χ1v) is 16.4. The summed E-state index contributed by atoms with van der Waals surface area (Å²) >= 11 is 0. The molecule has 1 spiro atoms. The summed E-state index contributed by atoms with van der Waals surface area (Å²) in [5.74, 6) is -3.51. The van der Waals surface area contributed by atoms with Crippen LogP contribution in [0.15, 0.2) is 85.0 Å². The van der Waals surface area contributed by atoms with Crippen LogP contribution in [0, 0.1) is 11.8 Å². The average Bonchev–Trinajstić information content (AvgIpc) is 3.70. The quantitative estimate of drug-likeness (QED) is 0.380. The molecule has 2 saturated heterocycles. The molecule has 0 unspecified atom stereocenters. The van der Waals surface area contributed by atoms with Gasteiger partial charge >= 0.3 is 5.97 Å². The van der Waals surface area contributed by atoms with Crippen LogP contribution in [0.5, 0.6) is 0 Å². The van der Waals surface area contributed by atoms with E-state index in [0.717, 1.165) is 11.1 Å². The summed E-state index contributed by atoms with van der Waals surface area (Å²) in [6, 6.07) is 16.2. The van der Waals surface area contributed by atoms with Crippen molar-refractivity contribution < 1.29 is 33.8 Å². The van der Waals surface area contributed by atoms with Gasteiger partial charge in [0, 0.05) is 18.5 Å². The second-order valence-corrected chi connectivity index (χ2v) is 13.8. The third-order valence-corrected chi connectivity index (χ3v) is 9.74. The minimum Gasteiger partial charge on any atom is -0.463 e. The number of hydrogen-bond acceptors (Lipinski definition) is 7. The van der Waals surface area contributed by atoms with Crippen LogP contribution < -0.4 is 5.32 Å². The van der Waals surface area contributed by atoms with E-state index in [1.807, 2.05) is 93.6 Å². The van der Waals surface area contributed by atoms with E-state index in [1.165, 1.54) is 4.90 Å². The number of amides is 3. The van der Waals surface area contributed by atoms with E-state index in [0.29, 0.717) is 12.8 Å². The molecule has 4 aliphatic heterocycles. The van der Waals surface area contributed by atoms with Crippen LogP contribution in [0.25, 0.3) is 0 Å². The van der Waals surface area contributed by atoms with E-state index >= 15 is 0 Å². The van der Waals surface area contributed by atoms with E-state index < -0.39 is 65.0 Å². The summed E-state index contributed by atoms with van der Waals surface area (Å²) in [6.45, 7) is 5.53. The second kappa shape index (κ2) is 13.1. The molecule has 10 heteroatoms. The maximum Gasteiger partial charge on any atom is 0.306 e. The number of cyclic esters (lactones) is 1. The number of aliphatic hydroxyl groups is 1. The van der Waals surface area contributed by atoms with Gasteiger partial charge in [0.25, 0.3) is 0 Å². The number of ether oxygens (including phenoxy) is 2. The van der Waals surface area contributed by atoms with E-state index in [9.17, 15) is 24.3 Å². The van der Waals surface area contributed by atoms with Gasteiger partial charge in [-0.25, -0.2) is 0 Å². The third-order valence-electron chi connectivity index (χ3n) is 9.74. The number of fused-ring (bicyclic) bond motifs is 2. The van der Waals surface area contributed by atoms with Crippen LogP contribution >= 0.6 is 0 Å². The number of nitrogens with one attached hydrogen (secondary N) is 1. The number of carbonyl (C=O) groups excluding carboxylic acids is 4. The normalized spacial score (nSPS) is 31.0. The van der Waals surface area contributed by atoms with Crippen molar-refractivity contribution in [2.45, 2.75) is 75.4 Å². The van der Waals surface area contributed by atoms with Crippen LogP contribution in [0.4, 0.5) is 0 Å². The minimum absolute atomic E-state index is 0.0785. The Kier molecular flexibility index (Phi) is 9.09. The zero-order chi connectivity index (χ0) is 33.3. The lowest BCUT2D eigenvalue weighted by molar-refractivity contribution is -0.153. The highest BCUT2D eigenvalue weighted by Crippen LogP contribution is 2.56. The number of hydrogen-bond donors (Lipinski definition) is 2. The topological polar surface area (TPSA) is 125 Å². The highest BCUT2D eigenvalue weighted by atomic mass is 16.5. The molecule has 2 fully saturated rings. The second-order valence-electron chi connectivity index (χ2n) is 13.8. The maximum atomic E-state index is 14.9. The van der Waals surface area contributed by atoms with Crippen molar-refractivity contribution in [3.63, 3.8) is 0 Å². The van der Waals surface area contributed by atoms with E-state index in [1.54, 1.807) is 17.1 Å². The molecule has 248 valence electrons. The van der Waals surface area contributed by atoms with Gasteiger partial charge in [-0.15, -0.1) is 0 Å². The fraction of sp³-hybridized carbons (Fsp3) is 0.459. The number of nitrogens with zero attached hydrogens (tertiary/aromatic N) is 2. The molecule has 4 heterocycles. The number of carbonyl (C=O) groups is 4. The number of likely N-dealkylation sites (tertiary alicyclic amines) is 1. The fourth-order valence-electron chi connectivity index (χ4n) is 7.48. The van der Waals surface area contributed by atoms with Gasteiger partial charge in [0.1, 0.15) is 18.2 Å². The van der Waals surface area contributed by atoms with Crippen LogP contribution in [-0.4, -0.2) is 87.7 Å². The number of aliphatic hydroxyl groups excluding tert-OH is 1. The number of rotatable bonds is 5. The predicted octanol–water partition coefficient (Wildman–Crippen LogP) is 3.12. The summed E-state index contributed by atoms with van der Waals surface area (Å²) in [5.41, 5.74) is -0.403. The van der Waals surface area contributed by atoms with Gasteiger partial charge in [-0.05, 0) is 44.7 Å². The van der Waals surface area contributed by atoms with Crippen LogP contribution in [0.1, 0.15) is 50.8 Å². The lowest BCUT2D eigenvalue weighted by atomic mass is 9.74. The van der Waals surface area contributed by atoms with Gasteiger partial charge in [-0.2, -0.15) is 0 Å². The van der Waals surface area contributed by atoms with Gasteiger partial charge in [0.05, 0.1) is 36.6 Å². The van der Waals surface area contributed by atoms with E-state index in [4.69, 9.17) is 9.47 Å². The Morgan fingerprint density at radius 1 is 0.979 bits per heavy atom. The lowest BCUT2D eigenvalue weighted by Crippen LogP contribution is -2.61. The first kappa shape index (κ1) is 32.7. The smallest absolute Gasteiger partial charge is 0.306 e. The van der Waals surface area contributed by atoms with E-state index in [-0.39, 0.29) is 32.1 Å². The number of allylic oxidation sites excluding steroid dienone is 1. The molecule has 0 aromatic heterocycles. The molecular weight excluding hydrogens is 598 g/mol. The van der Waals surface area contributed by atoms with Crippen molar-refractivity contribution in [2.24, 2.45) is 11.8 Å². The molecule has 3 amide bonds. The Bertz CT molecular complexity index is 1550. The zero-order valence-electron chi connectivity index (χ0n) is 27.1. The Morgan fingerprint density at radius 2 is 1.68 bits per heavy atom. The zero-order valence-corrected chi connectivity index (χ0v) is 27.1. The van der Waals surface area contributed by atoms with E-state index in [2.05, 4.69) is 5.32 Å². The standard InChI is InChI=1S/C37H43N3O7/c1-36(2,3)39-20-12-6-11-17-29(42)46-23-27(25-15-9-5-10-16-25)38-33(43)30-28-18-19-37(47-28)31(30)34(44)40(32(37)35(39)45)26(22-41)21-24-13-7-4-8-14-24/h4-10,12-16,18-19,26-28,30-32,41H,11,17,20-23H2,1-3H3,(H,38,43)/b12-6-/t26-,27+,28+,30-,31-,32+,37-/m1/s1. The molecule has 47 heavy (non-hydrogen) atoms. The van der Waals surface area contributed by atoms with Gasteiger partial charge in [-0.3, -0.25) is 19.2 Å². The van der Waals surface area contributed by atoms with Gasteiger partial charge in [0.15, 0.2) is 0 Å². The van der Waals surface area contributed by atoms with Gasteiger partial charge in [0.2, 0.25) is 17.7 Å². The number of esters is 1. The molecule has 2 aromatic rings. The monoisotopic (exact) mass is 641 g/mol. The first-order chi connectivity index (χ1) is 22.5. The summed E-state index contributed by atoms with van der Waals surface area (Å²) in [4.78, 5) is 59.7. The third kappa shape index (κ3) is 6.12. The Hall–Kier alpha value is -4.28.